The van der Waals surface area contributed by atoms with Crippen LogP contribution in [0.25, 0.3) is 0 Å². The van der Waals surface area contributed by atoms with Crippen LogP contribution in [0.3, 0.4) is 0 Å². The molecule has 1 aromatic carbocycles. The summed E-state index contributed by atoms with van der Waals surface area (Å²) in [5, 5.41) is 21.1. The van der Waals surface area contributed by atoms with Crippen LogP contribution in [0.1, 0.15) is 10.4 Å². The quantitative estimate of drug-likeness (QED) is 0.644. The zero-order valence-electron chi connectivity index (χ0n) is 10.3. The zero-order chi connectivity index (χ0) is 13.5. The van der Waals surface area contributed by atoms with E-state index in [1.807, 2.05) is 0 Å². The minimum absolute atomic E-state index is 0.232. The lowest BCUT2D eigenvalue weighted by Gasteiger charge is -2.15. The Kier molecular flexibility index (Phi) is 5.41. The van der Waals surface area contributed by atoms with Crippen LogP contribution in [-0.2, 0) is 9.47 Å². The number of methoxy groups -OCH3 is 2. The van der Waals surface area contributed by atoms with Gasteiger partial charge in [-0.05, 0) is 18.2 Å². The van der Waals surface area contributed by atoms with Gasteiger partial charge in [0, 0.05) is 26.3 Å². The number of phenolic OH excluding ortho intramolecular Hbond substituents is 2. The molecule has 6 nitrogen and oxygen atoms in total. The summed E-state index contributed by atoms with van der Waals surface area (Å²) >= 11 is 0. The lowest BCUT2D eigenvalue weighted by Crippen LogP contribution is -2.35. The summed E-state index contributed by atoms with van der Waals surface area (Å²) in [6, 6.07) is 3.87. The fraction of sp³-hybridized carbons (Fsp3) is 0.417. The number of carbonyl (C=O) groups is 1. The molecule has 0 aliphatic heterocycles. The van der Waals surface area contributed by atoms with E-state index in [0.717, 1.165) is 0 Å². The molecule has 1 atom stereocenters. The van der Waals surface area contributed by atoms with Crippen molar-refractivity contribution in [1.29, 1.82) is 0 Å². The van der Waals surface area contributed by atoms with Crippen LogP contribution < -0.4 is 5.32 Å². The van der Waals surface area contributed by atoms with Crippen LogP contribution in [0.4, 0.5) is 0 Å². The third kappa shape index (κ3) is 3.90. The topological polar surface area (TPSA) is 88.0 Å². The Labute approximate surface area is 105 Å². The summed E-state index contributed by atoms with van der Waals surface area (Å²) in [7, 11) is 3.08. The molecule has 1 amide bonds. The maximum atomic E-state index is 11.7. The Morgan fingerprint density at radius 1 is 1.33 bits per heavy atom. The number of hydrogen-bond donors (Lipinski definition) is 3. The Morgan fingerprint density at radius 3 is 2.61 bits per heavy atom. The van der Waals surface area contributed by atoms with E-state index in [1.54, 1.807) is 7.11 Å². The largest absolute Gasteiger partial charge is 0.504 e. The molecule has 0 fully saturated rings. The van der Waals surface area contributed by atoms with Gasteiger partial charge in [0.25, 0.3) is 5.91 Å². The molecule has 0 aromatic heterocycles. The Hall–Kier alpha value is -1.79. The third-order valence-corrected chi connectivity index (χ3v) is 2.41. The number of carbonyl (C=O) groups excluding carboxylic acids is 1. The molecule has 0 aliphatic carbocycles. The van der Waals surface area contributed by atoms with E-state index in [1.165, 1.54) is 25.3 Å². The van der Waals surface area contributed by atoms with Crippen LogP contribution in [0.5, 0.6) is 11.5 Å². The first-order chi connectivity index (χ1) is 8.58. The highest BCUT2D eigenvalue weighted by Gasteiger charge is 2.12. The minimum atomic E-state index is -0.358. The molecule has 6 heteroatoms. The van der Waals surface area contributed by atoms with Crippen LogP contribution in [0.2, 0.25) is 0 Å². The van der Waals surface area contributed by atoms with Gasteiger partial charge in [0.15, 0.2) is 11.5 Å². The number of hydrogen-bond acceptors (Lipinski definition) is 5. The summed E-state index contributed by atoms with van der Waals surface area (Å²) in [4.78, 5) is 11.7. The average Bonchev–Trinajstić information content (AvgIpc) is 2.37. The van der Waals surface area contributed by atoms with Crippen LogP contribution >= 0.6 is 0 Å². The number of ether oxygens (including phenoxy) is 2. The van der Waals surface area contributed by atoms with Gasteiger partial charge in [-0.1, -0.05) is 0 Å². The van der Waals surface area contributed by atoms with Crippen molar-refractivity contribution in [2.24, 2.45) is 0 Å². The van der Waals surface area contributed by atoms with Crippen molar-refractivity contribution in [2.75, 3.05) is 27.4 Å². The molecule has 0 heterocycles. The third-order valence-electron chi connectivity index (χ3n) is 2.41. The summed E-state index contributed by atoms with van der Waals surface area (Å²) in [6.45, 7) is 0.669. The van der Waals surface area contributed by atoms with Crippen LogP contribution in [0, 0.1) is 0 Å². The predicted molar refractivity (Wildman–Crippen MR) is 64.8 cm³/mol. The molecule has 0 saturated carbocycles. The lowest BCUT2D eigenvalue weighted by atomic mass is 10.2. The Morgan fingerprint density at radius 2 is 2.06 bits per heavy atom. The van der Waals surface area contributed by atoms with Gasteiger partial charge in [0.1, 0.15) is 0 Å². The maximum Gasteiger partial charge on any atom is 0.251 e. The highest BCUT2D eigenvalue weighted by molar-refractivity contribution is 5.94. The fourth-order valence-electron chi connectivity index (χ4n) is 1.37. The van der Waals surface area contributed by atoms with Crippen molar-refractivity contribution >= 4 is 5.91 Å². The zero-order valence-corrected chi connectivity index (χ0v) is 10.3. The fourth-order valence-corrected chi connectivity index (χ4v) is 1.37. The lowest BCUT2D eigenvalue weighted by molar-refractivity contribution is 0.0285. The first-order valence-corrected chi connectivity index (χ1v) is 5.40. The van der Waals surface area contributed by atoms with Gasteiger partial charge in [-0.2, -0.15) is 0 Å². The number of amides is 1. The van der Waals surface area contributed by atoms with Gasteiger partial charge >= 0.3 is 0 Å². The molecule has 100 valence electrons. The maximum absolute atomic E-state index is 11.7. The second kappa shape index (κ2) is 6.83. The van der Waals surface area contributed by atoms with Crippen molar-refractivity contribution in [3.63, 3.8) is 0 Å². The summed E-state index contributed by atoms with van der Waals surface area (Å²) in [6.07, 6.45) is -0.232. The van der Waals surface area contributed by atoms with Crippen molar-refractivity contribution in [1.82, 2.24) is 5.32 Å². The molecule has 1 rings (SSSR count). The molecule has 3 N–H and O–H groups in total. The first-order valence-electron chi connectivity index (χ1n) is 5.40. The molecule has 0 radical (unpaired) electrons. The van der Waals surface area contributed by atoms with Gasteiger partial charge < -0.3 is 25.0 Å². The van der Waals surface area contributed by atoms with E-state index in [-0.39, 0.29) is 29.1 Å². The monoisotopic (exact) mass is 255 g/mol. The summed E-state index contributed by atoms with van der Waals surface area (Å²) < 4.78 is 10.0. The van der Waals surface area contributed by atoms with E-state index in [2.05, 4.69) is 5.32 Å². The molecule has 0 saturated heterocycles. The predicted octanol–water partition coefficient (Wildman–Crippen LogP) is 0.489. The average molecular weight is 255 g/mol. The second-order valence-corrected chi connectivity index (χ2v) is 3.73. The number of benzene rings is 1. The number of aromatic hydroxyl groups is 2. The normalized spacial score (nSPS) is 12.1. The molecule has 0 spiro atoms. The standard InChI is InChI=1S/C12H17NO5/c1-17-7-9(18-2)6-13-12(16)8-3-4-10(14)11(15)5-8/h3-5,9,14-15H,6-7H2,1-2H3,(H,13,16). The van der Waals surface area contributed by atoms with Gasteiger partial charge in [-0.25, -0.2) is 0 Å². The number of phenols is 2. The molecular weight excluding hydrogens is 238 g/mol. The van der Waals surface area contributed by atoms with E-state index in [0.29, 0.717) is 13.2 Å². The highest BCUT2D eigenvalue weighted by Crippen LogP contribution is 2.24. The Bertz CT molecular complexity index is 407. The smallest absolute Gasteiger partial charge is 0.251 e. The highest BCUT2D eigenvalue weighted by atomic mass is 16.5. The second-order valence-electron chi connectivity index (χ2n) is 3.73. The Balaban J connectivity index is 2.57. The van der Waals surface area contributed by atoms with Crippen molar-refractivity contribution in [3.05, 3.63) is 23.8 Å². The van der Waals surface area contributed by atoms with Gasteiger partial charge in [0.05, 0.1) is 12.7 Å². The van der Waals surface area contributed by atoms with Crippen molar-refractivity contribution in [2.45, 2.75) is 6.10 Å². The van der Waals surface area contributed by atoms with Crippen LogP contribution in [-0.4, -0.2) is 49.6 Å². The van der Waals surface area contributed by atoms with Gasteiger partial charge in [-0.3, -0.25) is 4.79 Å². The first kappa shape index (κ1) is 14.3. The SMILES string of the molecule is COCC(CNC(=O)c1ccc(O)c(O)c1)OC. The van der Waals surface area contributed by atoms with Crippen molar-refractivity contribution in [3.8, 4) is 11.5 Å². The molecule has 18 heavy (non-hydrogen) atoms. The van der Waals surface area contributed by atoms with Crippen LogP contribution in [0.15, 0.2) is 18.2 Å². The van der Waals surface area contributed by atoms with E-state index < -0.39 is 0 Å². The van der Waals surface area contributed by atoms with Gasteiger partial charge in [-0.15, -0.1) is 0 Å². The molecule has 1 unspecified atom stereocenters. The van der Waals surface area contributed by atoms with E-state index in [9.17, 15) is 9.90 Å². The summed E-state index contributed by atoms with van der Waals surface area (Å²) in [5.74, 6) is -0.952. The number of rotatable bonds is 6. The summed E-state index contributed by atoms with van der Waals surface area (Å²) in [5.41, 5.74) is 0.262. The van der Waals surface area contributed by atoms with Gasteiger partial charge in [0.2, 0.25) is 0 Å². The van der Waals surface area contributed by atoms with E-state index in [4.69, 9.17) is 14.6 Å². The molecular formula is C12H17NO5. The van der Waals surface area contributed by atoms with Crippen molar-refractivity contribution < 1.29 is 24.5 Å². The van der Waals surface area contributed by atoms with E-state index >= 15 is 0 Å². The molecule has 0 bridgehead atoms. The molecule has 1 aromatic rings. The minimum Gasteiger partial charge on any atom is -0.504 e. The number of nitrogens with one attached hydrogen (secondary N) is 1. The molecule has 0 aliphatic rings.